The summed E-state index contributed by atoms with van der Waals surface area (Å²) >= 11 is 1.30. The first-order valence-electron chi connectivity index (χ1n) is 9.03. The second-order valence-electron chi connectivity index (χ2n) is 6.31. The van der Waals surface area contributed by atoms with Crippen molar-refractivity contribution >= 4 is 22.4 Å². The van der Waals surface area contributed by atoms with E-state index in [1.165, 1.54) is 17.4 Å². The van der Waals surface area contributed by atoms with Crippen molar-refractivity contribution in [3.63, 3.8) is 0 Å². The van der Waals surface area contributed by atoms with Crippen LogP contribution in [0.5, 0.6) is 0 Å². The molecule has 6 nitrogen and oxygen atoms in total. The Balaban J connectivity index is 1.44. The molecule has 148 valence electrons. The molecule has 2 heterocycles. The van der Waals surface area contributed by atoms with Gasteiger partial charge in [-0.25, -0.2) is 13.8 Å². The molecule has 9 heteroatoms. The third-order valence-electron chi connectivity index (χ3n) is 3.94. The highest BCUT2D eigenvalue weighted by Gasteiger charge is 2.10. The number of nitrogens with zero attached hydrogens (tertiary/aromatic N) is 3. The van der Waals surface area contributed by atoms with Gasteiger partial charge in [-0.15, -0.1) is 11.3 Å². The topological polar surface area (TPSA) is 80.9 Å². The van der Waals surface area contributed by atoms with Gasteiger partial charge in [-0.2, -0.15) is 4.98 Å². The molecular weight excluding hydrogens is 386 g/mol. The lowest BCUT2D eigenvalue weighted by molar-refractivity contribution is -0.116. The molecule has 0 saturated heterocycles. The second-order valence-corrected chi connectivity index (χ2v) is 7.43. The van der Waals surface area contributed by atoms with E-state index < -0.39 is 11.6 Å². The Morgan fingerprint density at radius 2 is 2.11 bits per heavy atom. The molecule has 0 saturated carbocycles. The maximum Gasteiger partial charge on any atom is 0.226 e. The van der Waals surface area contributed by atoms with E-state index in [4.69, 9.17) is 4.52 Å². The number of carbonyl (C=O) groups excluding carboxylic acids is 1. The number of carbonyl (C=O) groups is 1. The fraction of sp³-hybridized carbons (Fsp3) is 0.368. The van der Waals surface area contributed by atoms with Gasteiger partial charge in [-0.3, -0.25) is 4.79 Å². The minimum absolute atomic E-state index is 0.151. The van der Waals surface area contributed by atoms with Gasteiger partial charge in [0.15, 0.2) is 22.6 Å². The van der Waals surface area contributed by atoms with E-state index in [0.717, 1.165) is 29.9 Å². The molecule has 1 aromatic carbocycles. The van der Waals surface area contributed by atoms with Crippen LogP contribution in [0.15, 0.2) is 28.9 Å². The maximum absolute atomic E-state index is 13.3. The number of nitrogens with one attached hydrogen (secondary N) is 1. The summed E-state index contributed by atoms with van der Waals surface area (Å²) in [6.45, 7) is 2.04. The van der Waals surface area contributed by atoms with Crippen LogP contribution in [0.4, 0.5) is 13.9 Å². The number of benzene rings is 1. The van der Waals surface area contributed by atoms with Crippen LogP contribution in [-0.4, -0.2) is 21.0 Å². The van der Waals surface area contributed by atoms with Crippen molar-refractivity contribution in [1.82, 2.24) is 15.1 Å². The zero-order valence-corrected chi connectivity index (χ0v) is 16.2. The van der Waals surface area contributed by atoms with Gasteiger partial charge in [-0.1, -0.05) is 18.1 Å². The van der Waals surface area contributed by atoms with Crippen molar-refractivity contribution in [2.24, 2.45) is 0 Å². The van der Waals surface area contributed by atoms with E-state index in [1.807, 2.05) is 6.92 Å². The number of amides is 1. The molecule has 0 aliphatic carbocycles. The monoisotopic (exact) mass is 406 g/mol. The van der Waals surface area contributed by atoms with Gasteiger partial charge < -0.3 is 9.84 Å². The number of rotatable bonds is 9. The Morgan fingerprint density at radius 3 is 2.89 bits per heavy atom. The number of thiazole rings is 1. The lowest BCUT2D eigenvalue weighted by Gasteiger charge is -2.01. The number of hydrogen-bond donors (Lipinski definition) is 1. The molecule has 3 rings (SSSR count). The minimum Gasteiger partial charge on any atom is -0.339 e. The van der Waals surface area contributed by atoms with E-state index in [0.29, 0.717) is 48.1 Å². The highest BCUT2D eigenvalue weighted by Crippen LogP contribution is 2.22. The van der Waals surface area contributed by atoms with Gasteiger partial charge in [0.1, 0.15) is 0 Å². The SMILES string of the molecule is CCCc1noc(CCCC(=O)Nc2ncc(Cc3ccc(F)c(F)c3)s2)n1. The third kappa shape index (κ3) is 5.66. The summed E-state index contributed by atoms with van der Waals surface area (Å²) in [4.78, 5) is 21.3. The van der Waals surface area contributed by atoms with Crippen LogP contribution in [0.2, 0.25) is 0 Å². The normalized spacial score (nSPS) is 11.0. The van der Waals surface area contributed by atoms with Crippen LogP contribution in [0.1, 0.15) is 48.3 Å². The minimum atomic E-state index is -0.876. The number of aromatic nitrogens is 3. The van der Waals surface area contributed by atoms with Crippen LogP contribution in [0.3, 0.4) is 0 Å². The maximum atomic E-state index is 13.3. The summed E-state index contributed by atoms with van der Waals surface area (Å²) in [6, 6.07) is 3.79. The number of halogens is 2. The molecule has 0 aliphatic rings. The Hall–Kier alpha value is -2.68. The van der Waals surface area contributed by atoms with E-state index in [9.17, 15) is 13.6 Å². The zero-order chi connectivity index (χ0) is 19.9. The van der Waals surface area contributed by atoms with Crippen molar-refractivity contribution in [3.05, 3.63) is 58.2 Å². The first kappa shape index (κ1) is 20.1. The fourth-order valence-electron chi connectivity index (χ4n) is 2.60. The van der Waals surface area contributed by atoms with Crippen molar-refractivity contribution in [2.75, 3.05) is 5.32 Å². The second kappa shape index (κ2) is 9.50. The predicted octanol–water partition coefficient (Wildman–Crippen LogP) is 4.31. The van der Waals surface area contributed by atoms with Crippen LogP contribution in [-0.2, 0) is 24.1 Å². The van der Waals surface area contributed by atoms with Gasteiger partial charge in [-0.05, 0) is 30.5 Å². The van der Waals surface area contributed by atoms with Crippen molar-refractivity contribution < 1.29 is 18.1 Å². The van der Waals surface area contributed by atoms with Crippen LogP contribution in [0, 0.1) is 11.6 Å². The third-order valence-corrected chi connectivity index (χ3v) is 4.85. The molecule has 0 fully saturated rings. The van der Waals surface area contributed by atoms with Crippen molar-refractivity contribution in [3.8, 4) is 0 Å². The molecule has 1 N–H and O–H groups in total. The van der Waals surface area contributed by atoms with E-state index in [2.05, 4.69) is 20.4 Å². The average Bonchev–Trinajstić information content (AvgIpc) is 3.28. The molecule has 0 unspecified atom stereocenters. The van der Waals surface area contributed by atoms with E-state index in [1.54, 1.807) is 6.20 Å². The standard InChI is InChI=1S/C19H20F2N4O2S/c1-2-4-16-23-18(27-25-16)6-3-5-17(26)24-19-22-11-13(28-19)9-12-7-8-14(20)15(21)10-12/h7-8,10-11H,2-6,9H2,1H3,(H,22,24,26). The largest absolute Gasteiger partial charge is 0.339 e. The highest BCUT2D eigenvalue weighted by atomic mass is 32.1. The van der Waals surface area contributed by atoms with Gasteiger partial charge in [0, 0.05) is 36.8 Å². The fourth-order valence-corrected chi connectivity index (χ4v) is 3.46. The van der Waals surface area contributed by atoms with Crippen LogP contribution >= 0.6 is 11.3 Å². The van der Waals surface area contributed by atoms with Crippen molar-refractivity contribution in [1.29, 1.82) is 0 Å². The van der Waals surface area contributed by atoms with E-state index in [-0.39, 0.29) is 5.91 Å². The number of aryl methyl sites for hydroxylation is 2. The Labute approximate surface area is 165 Å². The summed E-state index contributed by atoms with van der Waals surface area (Å²) in [7, 11) is 0. The molecule has 0 radical (unpaired) electrons. The van der Waals surface area contributed by atoms with Crippen LogP contribution < -0.4 is 5.32 Å². The smallest absolute Gasteiger partial charge is 0.226 e. The molecule has 0 aliphatic heterocycles. The van der Waals surface area contributed by atoms with Crippen molar-refractivity contribution in [2.45, 2.75) is 45.4 Å². The van der Waals surface area contributed by atoms with Gasteiger partial charge >= 0.3 is 0 Å². The Bertz CT molecular complexity index is 942. The van der Waals surface area contributed by atoms with Gasteiger partial charge in [0.25, 0.3) is 0 Å². The van der Waals surface area contributed by atoms with Gasteiger partial charge in [0.05, 0.1) is 0 Å². The quantitative estimate of drug-likeness (QED) is 0.573. The first-order valence-corrected chi connectivity index (χ1v) is 9.85. The molecule has 0 spiro atoms. The van der Waals surface area contributed by atoms with Crippen LogP contribution in [0.25, 0.3) is 0 Å². The van der Waals surface area contributed by atoms with E-state index >= 15 is 0 Å². The highest BCUT2D eigenvalue weighted by molar-refractivity contribution is 7.15. The summed E-state index contributed by atoms with van der Waals surface area (Å²) < 4.78 is 31.4. The number of anilines is 1. The molecule has 28 heavy (non-hydrogen) atoms. The summed E-state index contributed by atoms with van der Waals surface area (Å²) in [5.74, 6) is -0.665. The Kier molecular flexibility index (Phi) is 6.80. The zero-order valence-electron chi connectivity index (χ0n) is 15.4. The lowest BCUT2D eigenvalue weighted by Crippen LogP contribution is -2.11. The molecule has 2 aromatic heterocycles. The molecule has 0 bridgehead atoms. The first-order chi connectivity index (χ1) is 13.5. The molecular formula is C19H20F2N4O2S. The Morgan fingerprint density at radius 1 is 1.25 bits per heavy atom. The lowest BCUT2D eigenvalue weighted by atomic mass is 10.1. The summed E-state index contributed by atoms with van der Waals surface area (Å²) in [5.41, 5.74) is 0.641. The average molecular weight is 406 g/mol. The summed E-state index contributed by atoms with van der Waals surface area (Å²) in [6.07, 6.45) is 5.21. The number of hydrogen-bond acceptors (Lipinski definition) is 6. The summed E-state index contributed by atoms with van der Waals surface area (Å²) in [5, 5.41) is 7.11. The molecule has 0 atom stereocenters. The molecule has 1 amide bonds. The predicted molar refractivity (Wildman–Crippen MR) is 101 cm³/mol. The van der Waals surface area contributed by atoms with Gasteiger partial charge in [0.2, 0.25) is 11.8 Å². The molecule has 3 aromatic rings.